The molecular weight excluding hydrogens is 292 g/mol. The van der Waals surface area contributed by atoms with Gasteiger partial charge in [0.25, 0.3) is 0 Å². The zero-order valence-electron chi connectivity index (χ0n) is 12.1. The van der Waals surface area contributed by atoms with E-state index in [1.54, 1.807) is 0 Å². The predicted molar refractivity (Wildman–Crippen MR) is 77.3 cm³/mol. The molecule has 0 bridgehead atoms. The number of carbonyl (C=O) groups excluding carboxylic acids is 2. The van der Waals surface area contributed by atoms with Crippen molar-refractivity contribution in [3.05, 3.63) is 0 Å². The largest absolute Gasteiger partial charge is 0.304 e. The molecule has 2 amide bonds. The zero-order valence-corrected chi connectivity index (χ0v) is 12.9. The van der Waals surface area contributed by atoms with Gasteiger partial charge in [-0.2, -0.15) is 0 Å². The second kappa shape index (κ2) is 5.68. The fourth-order valence-corrected chi connectivity index (χ4v) is 5.50. The Morgan fingerprint density at radius 2 is 1.81 bits per heavy atom. The Kier molecular flexibility index (Phi) is 4.05. The molecule has 3 rings (SSSR count). The number of hydrogen-bond acceptors (Lipinski definition) is 5. The van der Waals surface area contributed by atoms with E-state index in [2.05, 4.69) is 5.32 Å². The maximum atomic E-state index is 12.4. The molecule has 6 nitrogen and oxygen atoms in total. The second-order valence-corrected chi connectivity index (χ2v) is 8.74. The number of carbonyl (C=O) groups is 2. The van der Waals surface area contributed by atoms with Crippen molar-refractivity contribution in [2.45, 2.75) is 62.3 Å². The summed E-state index contributed by atoms with van der Waals surface area (Å²) in [5.74, 6) is -0.0357. The maximum Gasteiger partial charge on any atom is 0.247 e. The molecule has 2 atom stereocenters. The average Bonchev–Trinajstić information content (AvgIpc) is 3.09. The zero-order chi connectivity index (χ0) is 15.0. The lowest BCUT2D eigenvalue weighted by Gasteiger charge is -2.22. The summed E-state index contributed by atoms with van der Waals surface area (Å²) < 4.78 is 23.6. The van der Waals surface area contributed by atoms with Crippen molar-refractivity contribution in [1.29, 1.82) is 0 Å². The number of amides is 2. The van der Waals surface area contributed by atoms with Crippen molar-refractivity contribution < 1.29 is 18.0 Å². The van der Waals surface area contributed by atoms with Crippen LogP contribution in [0.5, 0.6) is 0 Å². The fourth-order valence-electron chi connectivity index (χ4n) is 3.72. The molecular formula is C14H22N2O4S. The van der Waals surface area contributed by atoms with Gasteiger partial charge in [-0.05, 0) is 25.7 Å². The van der Waals surface area contributed by atoms with Crippen LogP contribution in [-0.4, -0.2) is 54.8 Å². The van der Waals surface area contributed by atoms with Crippen molar-refractivity contribution in [1.82, 2.24) is 10.2 Å². The molecule has 2 aliphatic heterocycles. The van der Waals surface area contributed by atoms with E-state index in [-0.39, 0.29) is 36.6 Å². The van der Waals surface area contributed by atoms with Crippen LogP contribution in [-0.2, 0) is 19.4 Å². The molecule has 3 aliphatic rings. The van der Waals surface area contributed by atoms with E-state index in [1.165, 1.54) is 4.90 Å². The van der Waals surface area contributed by atoms with Gasteiger partial charge in [0.1, 0.15) is 0 Å². The van der Waals surface area contributed by atoms with Crippen LogP contribution in [0, 0.1) is 0 Å². The van der Waals surface area contributed by atoms with Gasteiger partial charge in [-0.25, -0.2) is 8.42 Å². The predicted octanol–water partition coefficient (Wildman–Crippen LogP) is 0.223. The first-order valence-electron chi connectivity index (χ1n) is 7.80. The summed E-state index contributed by atoms with van der Waals surface area (Å²) >= 11 is 0. The number of likely N-dealkylation sites (tertiary alicyclic amines) is 1. The van der Waals surface area contributed by atoms with Crippen LogP contribution in [0.1, 0.15) is 44.9 Å². The van der Waals surface area contributed by atoms with Gasteiger partial charge in [0.15, 0.2) is 9.84 Å². The highest BCUT2D eigenvalue weighted by Gasteiger charge is 2.43. The van der Waals surface area contributed by atoms with Gasteiger partial charge in [0.05, 0.1) is 23.5 Å². The highest BCUT2D eigenvalue weighted by atomic mass is 32.2. The van der Waals surface area contributed by atoms with E-state index in [0.717, 1.165) is 25.7 Å². The van der Waals surface area contributed by atoms with Crippen molar-refractivity contribution in [2.24, 2.45) is 0 Å². The first-order valence-corrected chi connectivity index (χ1v) is 9.51. The molecule has 2 unspecified atom stereocenters. The number of hydrogen-bond donors (Lipinski definition) is 1. The smallest absolute Gasteiger partial charge is 0.247 e. The fraction of sp³-hybridized carbons (Fsp3) is 0.857. The lowest BCUT2D eigenvalue weighted by Crippen LogP contribution is -2.45. The van der Waals surface area contributed by atoms with Gasteiger partial charge in [-0.15, -0.1) is 0 Å². The van der Waals surface area contributed by atoms with Gasteiger partial charge in [0.2, 0.25) is 11.8 Å². The van der Waals surface area contributed by atoms with Crippen molar-refractivity contribution >= 4 is 21.7 Å². The molecule has 1 N–H and O–H groups in total. The second-order valence-electron chi connectivity index (χ2n) is 6.34. The van der Waals surface area contributed by atoms with Crippen LogP contribution in [0.25, 0.3) is 0 Å². The summed E-state index contributed by atoms with van der Waals surface area (Å²) in [4.78, 5) is 25.8. The number of imide groups is 1. The van der Waals surface area contributed by atoms with E-state index >= 15 is 0 Å². The summed E-state index contributed by atoms with van der Waals surface area (Å²) in [6.45, 7) is 0.282. The minimum absolute atomic E-state index is 0.0620. The Labute approximate surface area is 125 Å². The van der Waals surface area contributed by atoms with E-state index in [9.17, 15) is 18.0 Å². The normalized spacial score (nSPS) is 33.2. The molecule has 0 aromatic heterocycles. The lowest BCUT2D eigenvalue weighted by molar-refractivity contribution is -0.141. The molecule has 7 heteroatoms. The van der Waals surface area contributed by atoms with E-state index in [0.29, 0.717) is 12.8 Å². The molecule has 2 heterocycles. The average molecular weight is 314 g/mol. The minimum Gasteiger partial charge on any atom is -0.304 e. The summed E-state index contributed by atoms with van der Waals surface area (Å²) in [6.07, 6.45) is 5.46. The molecule has 3 fully saturated rings. The third kappa shape index (κ3) is 2.85. The van der Waals surface area contributed by atoms with Crippen molar-refractivity contribution in [3.8, 4) is 0 Å². The third-order valence-corrected chi connectivity index (χ3v) is 7.20. The SMILES string of the molecule is O=C1CC(NCC2CCCS2(=O)=O)C(=O)N1C1CCCC1. The van der Waals surface area contributed by atoms with Crippen molar-refractivity contribution in [3.63, 3.8) is 0 Å². The van der Waals surface area contributed by atoms with Gasteiger partial charge in [0, 0.05) is 12.6 Å². The van der Waals surface area contributed by atoms with Gasteiger partial charge >= 0.3 is 0 Å². The minimum atomic E-state index is -3.01. The van der Waals surface area contributed by atoms with Gasteiger partial charge in [-0.1, -0.05) is 12.8 Å². The first kappa shape index (κ1) is 15.0. The van der Waals surface area contributed by atoms with Crippen LogP contribution in [0.2, 0.25) is 0 Å². The molecule has 118 valence electrons. The van der Waals surface area contributed by atoms with Gasteiger partial charge < -0.3 is 5.32 Å². The Bertz CT molecular complexity index is 539. The number of rotatable bonds is 4. The lowest BCUT2D eigenvalue weighted by atomic mass is 10.2. The maximum absolute atomic E-state index is 12.4. The topological polar surface area (TPSA) is 83.5 Å². The van der Waals surface area contributed by atoms with Crippen LogP contribution in [0.4, 0.5) is 0 Å². The number of nitrogens with zero attached hydrogens (tertiary/aromatic N) is 1. The molecule has 0 aromatic carbocycles. The van der Waals surface area contributed by atoms with E-state index in [1.807, 2.05) is 0 Å². The van der Waals surface area contributed by atoms with Crippen molar-refractivity contribution in [2.75, 3.05) is 12.3 Å². The monoisotopic (exact) mass is 314 g/mol. The quantitative estimate of drug-likeness (QED) is 0.751. The standard InChI is InChI=1S/C14H22N2O4S/c17-13-8-12(14(18)16(13)10-4-1-2-5-10)15-9-11-6-3-7-21(11,19)20/h10-12,15H,1-9H2. The Balaban J connectivity index is 1.59. The Morgan fingerprint density at radius 1 is 1.10 bits per heavy atom. The molecule has 0 aromatic rings. The van der Waals surface area contributed by atoms with Crippen LogP contribution >= 0.6 is 0 Å². The van der Waals surface area contributed by atoms with Crippen LogP contribution in [0.15, 0.2) is 0 Å². The summed E-state index contributed by atoms with van der Waals surface area (Å²) in [6, 6.07) is -0.471. The highest BCUT2D eigenvalue weighted by Crippen LogP contribution is 2.28. The molecule has 2 saturated heterocycles. The number of nitrogens with one attached hydrogen (secondary N) is 1. The molecule has 1 aliphatic carbocycles. The summed E-state index contributed by atoms with van der Waals surface area (Å²) in [7, 11) is -3.01. The summed E-state index contributed by atoms with van der Waals surface area (Å²) in [5.41, 5.74) is 0. The van der Waals surface area contributed by atoms with Gasteiger partial charge in [-0.3, -0.25) is 14.5 Å². The molecule has 21 heavy (non-hydrogen) atoms. The first-order chi connectivity index (χ1) is 9.99. The molecule has 0 radical (unpaired) electrons. The third-order valence-electron chi connectivity index (χ3n) is 4.93. The Morgan fingerprint density at radius 3 is 2.43 bits per heavy atom. The van der Waals surface area contributed by atoms with Crippen LogP contribution in [0.3, 0.4) is 0 Å². The van der Waals surface area contributed by atoms with Crippen LogP contribution < -0.4 is 5.32 Å². The number of sulfone groups is 1. The molecule has 1 saturated carbocycles. The highest BCUT2D eigenvalue weighted by molar-refractivity contribution is 7.92. The van der Waals surface area contributed by atoms with E-state index in [4.69, 9.17) is 0 Å². The Hall–Kier alpha value is -0.950. The summed E-state index contributed by atoms with van der Waals surface area (Å²) in [5, 5.41) is 2.62. The van der Waals surface area contributed by atoms with E-state index < -0.39 is 21.1 Å². The molecule has 0 spiro atoms.